The minimum Gasteiger partial charge on any atom is -0.378 e. The van der Waals surface area contributed by atoms with Gasteiger partial charge in [0.15, 0.2) is 5.75 Å². The lowest BCUT2D eigenvalue weighted by Gasteiger charge is -2.12. The Bertz CT molecular complexity index is 1310. The number of carbonyl (C=O) groups excluding carboxylic acids is 1. The van der Waals surface area contributed by atoms with Crippen molar-refractivity contribution >= 4 is 27.9 Å². The first-order valence-electron chi connectivity index (χ1n) is 10.2. The third-order valence-electron chi connectivity index (χ3n) is 4.80. The molecule has 11 heteroatoms. The summed E-state index contributed by atoms with van der Waals surface area (Å²) in [6.45, 7) is 0. The molecule has 0 aliphatic carbocycles. The third-order valence-corrected chi connectivity index (χ3v) is 6.05. The molecule has 0 saturated carbocycles. The Kier molecular flexibility index (Phi) is 7.80. The summed E-state index contributed by atoms with van der Waals surface area (Å²) < 4.78 is 68.4. The minimum absolute atomic E-state index is 0.0888. The first kappa shape index (κ1) is 25.8. The first-order chi connectivity index (χ1) is 16.5. The molecule has 0 atom stereocenters. The maximum Gasteiger partial charge on any atom is 0.416 e. The van der Waals surface area contributed by atoms with Crippen molar-refractivity contribution in [1.29, 1.82) is 0 Å². The number of rotatable bonds is 8. The van der Waals surface area contributed by atoms with Gasteiger partial charge in [-0.3, -0.25) is 4.79 Å². The van der Waals surface area contributed by atoms with E-state index in [1.54, 1.807) is 6.07 Å². The molecule has 0 fully saturated rings. The van der Waals surface area contributed by atoms with Gasteiger partial charge in [-0.15, -0.1) is 0 Å². The summed E-state index contributed by atoms with van der Waals surface area (Å²) in [7, 11) is -0.591. The summed E-state index contributed by atoms with van der Waals surface area (Å²) in [5.41, 5.74) is 3.41. The molecule has 3 aromatic rings. The van der Waals surface area contributed by atoms with E-state index in [1.165, 1.54) is 24.4 Å². The molecule has 0 bridgehead atoms. The number of hydrogen-bond donors (Lipinski definition) is 1. The summed E-state index contributed by atoms with van der Waals surface area (Å²) in [4.78, 5) is 13.7. The van der Waals surface area contributed by atoms with Gasteiger partial charge < -0.3 is 9.08 Å². The van der Waals surface area contributed by atoms with Crippen LogP contribution in [0.3, 0.4) is 0 Å². The van der Waals surface area contributed by atoms with Crippen molar-refractivity contribution in [3.8, 4) is 5.75 Å². The summed E-state index contributed by atoms with van der Waals surface area (Å²) in [6.07, 6.45) is -3.29. The van der Waals surface area contributed by atoms with Crippen molar-refractivity contribution in [2.24, 2.45) is 5.10 Å². The SMILES string of the molecule is CN(C)c1ccc(CC(=O)NN=Cc2ccccc2OS(=O)(=O)c2ccc(C(F)(F)F)cc2)cc1. The Morgan fingerprint density at radius 1 is 1.00 bits per heavy atom. The molecule has 0 radical (unpaired) electrons. The van der Waals surface area contributed by atoms with E-state index < -0.39 is 26.8 Å². The second-order valence-electron chi connectivity index (χ2n) is 7.63. The quantitative estimate of drug-likeness (QED) is 0.281. The van der Waals surface area contributed by atoms with Crippen LogP contribution < -0.4 is 14.5 Å². The van der Waals surface area contributed by atoms with E-state index in [9.17, 15) is 26.4 Å². The van der Waals surface area contributed by atoms with E-state index in [1.807, 2.05) is 43.3 Å². The zero-order valence-electron chi connectivity index (χ0n) is 18.8. The number of halogens is 3. The van der Waals surface area contributed by atoms with Gasteiger partial charge in [0.25, 0.3) is 0 Å². The minimum atomic E-state index is -4.59. The Balaban J connectivity index is 1.66. The number of hydrogen-bond acceptors (Lipinski definition) is 6. The predicted molar refractivity (Wildman–Crippen MR) is 126 cm³/mol. The van der Waals surface area contributed by atoms with Crippen molar-refractivity contribution in [2.75, 3.05) is 19.0 Å². The number of para-hydroxylation sites is 1. The zero-order chi connectivity index (χ0) is 25.6. The van der Waals surface area contributed by atoms with Crippen LogP contribution in [0.1, 0.15) is 16.7 Å². The Hall–Kier alpha value is -3.86. The smallest absolute Gasteiger partial charge is 0.378 e. The van der Waals surface area contributed by atoms with Crippen LogP contribution in [0.5, 0.6) is 5.75 Å². The highest BCUT2D eigenvalue weighted by molar-refractivity contribution is 7.87. The van der Waals surface area contributed by atoms with Gasteiger partial charge in [-0.2, -0.15) is 26.7 Å². The number of nitrogens with one attached hydrogen (secondary N) is 1. The number of carbonyl (C=O) groups is 1. The van der Waals surface area contributed by atoms with Gasteiger partial charge in [-0.25, -0.2) is 5.43 Å². The van der Waals surface area contributed by atoms with E-state index in [4.69, 9.17) is 4.18 Å². The van der Waals surface area contributed by atoms with Gasteiger partial charge >= 0.3 is 16.3 Å². The van der Waals surface area contributed by atoms with Crippen molar-refractivity contribution in [3.05, 3.63) is 89.5 Å². The molecule has 0 aromatic heterocycles. The lowest BCUT2D eigenvalue weighted by molar-refractivity contribution is -0.137. The maximum absolute atomic E-state index is 12.7. The van der Waals surface area contributed by atoms with E-state index in [2.05, 4.69) is 10.5 Å². The molecule has 35 heavy (non-hydrogen) atoms. The molecular formula is C24H22F3N3O4S. The summed E-state index contributed by atoms with van der Waals surface area (Å²) in [5, 5.41) is 3.85. The molecule has 0 aliphatic heterocycles. The number of amides is 1. The van der Waals surface area contributed by atoms with Crippen LogP contribution in [0, 0.1) is 0 Å². The summed E-state index contributed by atoms with van der Waals surface area (Å²) in [6, 6.07) is 16.4. The van der Waals surface area contributed by atoms with Crippen LogP contribution in [0.25, 0.3) is 0 Å². The molecular weight excluding hydrogens is 483 g/mol. The fraction of sp³-hybridized carbons (Fsp3) is 0.167. The highest BCUT2D eigenvalue weighted by Crippen LogP contribution is 2.30. The number of alkyl halides is 3. The number of benzene rings is 3. The Morgan fingerprint density at radius 3 is 2.23 bits per heavy atom. The largest absolute Gasteiger partial charge is 0.416 e. The van der Waals surface area contributed by atoms with Crippen LogP contribution in [-0.4, -0.2) is 34.6 Å². The average molecular weight is 506 g/mol. The second-order valence-corrected chi connectivity index (χ2v) is 9.17. The Labute approximate surface area is 201 Å². The lowest BCUT2D eigenvalue weighted by Crippen LogP contribution is -2.20. The molecule has 0 unspecified atom stereocenters. The molecule has 3 rings (SSSR count). The van der Waals surface area contributed by atoms with Crippen LogP contribution in [0.4, 0.5) is 18.9 Å². The molecule has 1 N–H and O–H groups in total. The van der Waals surface area contributed by atoms with Crippen LogP contribution in [-0.2, 0) is 27.5 Å². The third kappa shape index (κ3) is 7.06. The number of anilines is 1. The van der Waals surface area contributed by atoms with Gasteiger partial charge in [0, 0.05) is 25.3 Å². The molecule has 0 aliphatic rings. The second kappa shape index (κ2) is 10.6. The van der Waals surface area contributed by atoms with E-state index in [0.29, 0.717) is 12.1 Å². The van der Waals surface area contributed by atoms with E-state index in [0.717, 1.165) is 23.4 Å². The molecule has 0 heterocycles. The van der Waals surface area contributed by atoms with Crippen molar-refractivity contribution in [2.45, 2.75) is 17.5 Å². The van der Waals surface area contributed by atoms with Gasteiger partial charge in [0.05, 0.1) is 18.2 Å². The normalized spacial score (nSPS) is 11.9. The van der Waals surface area contributed by atoms with Crippen molar-refractivity contribution in [3.63, 3.8) is 0 Å². The van der Waals surface area contributed by atoms with E-state index >= 15 is 0 Å². The summed E-state index contributed by atoms with van der Waals surface area (Å²) in [5.74, 6) is -0.487. The van der Waals surface area contributed by atoms with Gasteiger partial charge in [0.2, 0.25) is 5.91 Å². The number of nitrogens with zero attached hydrogens (tertiary/aromatic N) is 2. The standard InChI is InChI=1S/C24H22F3N3O4S/c1-30(2)20-11-7-17(8-12-20)15-23(31)29-28-16-18-5-3-4-6-22(18)34-35(32,33)21-13-9-19(10-14-21)24(25,26)27/h3-14,16H,15H2,1-2H3,(H,29,31). The molecule has 0 spiro atoms. The van der Waals surface area contributed by atoms with Gasteiger partial charge in [0.1, 0.15) is 4.90 Å². The molecule has 3 aromatic carbocycles. The van der Waals surface area contributed by atoms with Crippen LogP contribution in [0.2, 0.25) is 0 Å². The first-order valence-corrected chi connectivity index (χ1v) is 11.7. The highest BCUT2D eigenvalue weighted by Gasteiger charge is 2.31. The lowest BCUT2D eigenvalue weighted by atomic mass is 10.1. The van der Waals surface area contributed by atoms with E-state index in [-0.39, 0.29) is 23.6 Å². The Morgan fingerprint density at radius 2 is 1.63 bits per heavy atom. The highest BCUT2D eigenvalue weighted by atomic mass is 32.2. The molecule has 7 nitrogen and oxygen atoms in total. The van der Waals surface area contributed by atoms with Gasteiger partial charge in [-0.05, 0) is 54.1 Å². The fourth-order valence-corrected chi connectivity index (χ4v) is 3.90. The molecule has 0 saturated heterocycles. The molecule has 184 valence electrons. The monoisotopic (exact) mass is 505 g/mol. The average Bonchev–Trinajstić information content (AvgIpc) is 2.80. The zero-order valence-corrected chi connectivity index (χ0v) is 19.6. The van der Waals surface area contributed by atoms with Crippen LogP contribution >= 0.6 is 0 Å². The van der Waals surface area contributed by atoms with Crippen LogP contribution in [0.15, 0.2) is 82.8 Å². The molecule has 1 amide bonds. The van der Waals surface area contributed by atoms with Gasteiger partial charge in [-0.1, -0.05) is 24.3 Å². The summed E-state index contributed by atoms with van der Waals surface area (Å²) >= 11 is 0. The fourth-order valence-electron chi connectivity index (χ4n) is 2.95. The predicted octanol–water partition coefficient (Wildman–Crippen LogP) is 4.23. The van der Waals surface area contributed by atoms with Crippen molar-refractivity contribution in [1.82, 2.24) is 5.43 Å². The maximum atomic E-state index is 12.7. The number of hydrazone groups is 1. The van der Waals surface area contributed by atoms with Crippen molar-refractivity contribution < 1.29 is 30.6 Å². The topological polar surface area (TPSA) is 88.1 Å².